The largest absolute Gasteiger partial charge is 0.480 e. The third kappa shape index (κ3) is 34.9. The smallest absolute Gasteiger partial charge is 0.332 e. The van der Waals surface area contributed by atoms with Crippen LogP contribution in [-0.2, 0) is 4.79 Å². The summed E-state index contributed by atoms with van der Waals surface area (Å²) in [5.41, 5.74) is -1.11. The Morgan fingerprint density at radius 3 is 0.818 bits per heavy atom. The highest BCUT2D eigenvalue weighted by Gasteiger charge is 2.52. The number of hydrogen-bond acceptors (Lipinski definition) is 9. The van der Waals surface area contributed by atoms with E-state index in [2.05, 4.69) is 78.9 Å². The molecule has 0 aliphatic carbocycles. The maximum absolute atomic E-state index is 14.6. The molecular formula is C56H114O6S4. The van der Waals surface area contributed by atoms with Gasteiger partial charge in [0.05, 0.1) is 36.4 Å². The van der Waals surface area contributed by atoms with Crippen LogP contribution in [0.1, 0.15) is 287 Å². The topological polar surface area (TPSA) is 118 Å². The van der Waals surface area contributed by atoms with Gasteiger partial charge in [0.15, 0.2) is 4.08 Å². The van der Waals surface area contributed by atoms with E-state index in [1.807, 2.05) is 23.5 Å². The molecular weight excluding hydrogens is 897 g/mol. The monoisotopic (exact) mass is 1010 g/mol. The molecule has 0 rings (SSSR count). The van der Waals surface area contributed by atoms with Gasteiger partial charge in [0.25, 0.3) is 0 Å². The summed E-state index contributed by atoms with van der Waals surface area (Å²) in [6.45, 7) is 17.0. The summed E-state index contributed by atoms with van der Waals surface area (Å²) in [6, 6.07) is 0. The second-order valence-electron chi connectivity index (χ2n) is 19.8. The van der Waals surface area contributed by atoms with Gasteiger partial charge in [-0.15, -0.1) is 47.0 Å². The number of thioether (sulfide) groups is 4. The lowest BCUT2D eigenvalue weighted by Crippen LogP contribution is -2.45. The van der Waals surface area contributed by atoms with E-state index in [-0.39, 0.29) is 4.58 Å². The van der Waals surface area contributed by atoms with E-state index in [1.54, 1.807) is 0 Å². The Morgan fingerprint density at radius 2 is 0.591 bits per heavy atom. The van der Waals surface area contributed by atoms with Gasteiger partial charge in [-0.25, -0.2) is 4.79 Å². The molecule has 0 aliphatic heterocycles. The predicted octanol–water partition coefficient (Wildman–Crippen LogP) is 17.6. The van der Waals surface area contributed by atoms with Crippen LogP contribution in [0.2, 0.25) is 0 Å². The lowest BCUT2D eigenvalue weighted by molar-refractivity contribution is -0.137. The molecule has 0 radical (unpaired) electrons. The van der Waals surface area contributed by atoms with Gasteiger partial charge in [0.1, 0.15) is 0 Å². The Hall–Kier alpha value is 0.710. The minimum atomic E-state index is -1.11. The van der Waals surface area contributed by atoms with Crippen LogP contribution >= 0.6 is 47.0 Å². The van der Waals surface area contributed by atoms with Crippen molar-refractivity contribution in [3.05, 3.63) is 0 Å². The molecule has 10 heteroatoms. The molecule has 0 aromatic rings. The second kappa shape index (κ2) is 49.3. The fourth-order valence-electron chi connectivity index (χ4n) is 8.68. The van der Waals surface area contributed by atoms with Crippen molar-refractivity contribution in [3.8, 4) is 0 Å². The normalized spacial score (nSPS) is 15.2. The van der Waals surface area contributed by atoms with Crippen molar-refractivity contribution in [2.75, 3.05) is 26.4 Å². The molecule has 0 heterocycles. The number of aliphatic hydroxyl groups is 4. The molecule has 6 nitrogen and oxygen atoms in total. The highest BCUT2D eigenvalue weighted by Crippen LogP contribution is 2.57. The first-order chi connectivity index (χ1) is 32.1. The lowest BCUT2D eigenvalue weighted by atomic mass is 9.93. The van der Waals surface area contributed by atoms with E-state index in [0.29, 0.717) is 21.0 Å². The van der Waals surface area contributed by atoms with Crippen LogP contribution < -0.4 is 0 Å². The summed E-state index contributed by atoms with van der Waals surface area (Å²) in [4.78, 5) is 14.6. The third-order valence-electron chi connectivity index (χ3n) is 13.2. The zero-order chi connectivity index (χ0) is 49.6. The highest BCUT2D eigenvalue weighted by molar-refractivity contribution is 8.25. The van der Waals surface area contributed by atoms with Crippen molar-refractivity contribution in [1.29, 1.82) is 0 Å². The molecule has 0 saturated carbocycles. The fraction of sp³-hybridized carbons (Fsp3) is 0.982. The molecule has 66 heavy (non-hydrogen) atoms. The van der Waals surface area contributed by atoms with Gasteiger partial charge in [-0.3, -0.25) is 0 Å². The summed E-state index contributed by atoms with van der Waals surface area (Å²) in [5, 5.41) is 47.9. The Kier molecular flexibility index (Phi) is 51.4. The highest BCUT2D eigenvalue weighted by atomic mass is 32.2. The van der Waals surface area contributed by atoms with Gasteiger partial charge in [-0.05, 0) is 51.4 Å². The van der Waals surface area contributed by atoms with Crippen LogP contribution in [-0.4, -0.2) is 87.6 Å². The molecule has 5 N–H and O–H groups in total. The lowest BCUT2D eigenvalue weighted by Gasteiger charge is -2.42. The first-order valence-corrected chi connectivity index (χ1v) is 32.0. The van der Waals surface area contributed by atoms with E-state index in [1.165, 1.54) is 205 Å². The average molecular weight is 1010 g/mol. The molecule has 0 amide bonds. The van der Waals surface area contributed by atoms with E-state index < -0.39 is 41.9 Å². The van der Waals surface area contributed by atoms with Crippen molar-refractivity contribution in [3.63, 3.8) is 0 Å². The van der Waals surface area contributed by atoms with E-state index in [4.69, 9.17) is 20.4 Å². The van der Waals surface area contributed by atoms with E-state index in [9.17, 15) is 9.90 Å². The molecule has 0 fully saturated rings. The number of rotatable bonds is 50. The van der Waals surface area contributed by atoms with Crippen LogP contribution in [0.4, 0.5) is 0 Å². The van der Waals surface area contributed by atoms with Crippen LogP contribution in [0.3, 0.4) is 0 Å². The molecule has 0 saturated heterocycles. The van der Waals surface area contributed by atoms with Crippen LogP contribution in [0.15, 0.2) is 0 Å². The van der Waals surface area contributed by atoms with Gasteiger partial charge >= 0.3 is 5.97 Å². The SMILES string of the molecule is CCCCCCCCC(CCC)SC(SC(CCC)CCCCCCCC)C(SC(CCC)CCCCCCCC)(SC(CCC)CCCCCCCC)C(=O)O.OCC(CO)(CO)CO. The van der Waals surface area contributed by atoms with E-state index >= 15 is 0 Å². The Balaban J connectivity index is 0. The number of aliphatic hydroxyl groups excluding tert-OH is 4. The quantitative estimate of drug-likeness (QED) is 0.0298. The molecule has 4 unspecified atom stereocenters. The van der Waals surface area contributed by atoms with Crippen molar-refractivity contribution in [2.24, 2.45) is 5.41 Å². The Bertz CT molecular complexity index is 930. The molecule has 0 bridgehead atoms. The number of carboxylic acids is 1. The molecule has 4 atom stereocenters. The number of unbranched alkanes of at least 4 members (excludes halogenated alkanes) is 20. The van der Waals surface area contributed by atoms with Crippen molar-refractivity contribution >= 4 is 53.0 Å². The Morgan fingerprint density at radius 1 is 0.348 bits per heavy atom. The molecule has 0 aromatic carbocycles. The van der Waals surface area contributed by atoms with Crippen molar-refractivity contribution < 1.29 is 30.3 Å². The van der Waals surface area contributed by atoms with Crippen molar-refractivity contribution in [1.82, 2.24) is 0 Å². The minimum absolute atomic E-state index is 0.0612. The zero-order valence-electron chi connectivity index (χ0n) is 44.9. The van der Waals surface area contributed by atoms with Crippen molar-refractivity contribution in [2.45, 2.75) is 316 Å². The summed E-state index contributed by atoms with van der Waals surface area (Å²) in [6.07, 6.45) is 45.9. The predicted molar refractivity (Wildman–Crippen MR) is 302 cm³/mol. The van der Waals surface area contributed by atoms with Gasteiger partial charge in [-0.2, -0.15) is 0 Å². The average Bonchev–Trinajstić information content (AvgIpc) is 3.31. The molecule has 0 spiro atoms. The van der Waals surface area contributed by atoms with Gasteiger partial charge in [-0.1, -0.05) is 235 Å². The van der Waals surface area contributed by atoms with Crippen LogP contribution in [0.25, 0.3) is 0 Å². The van der Waals surface area contributed by atoms with Crippen LogP contribution in [0, 0.1) is 5.41 Å². The number of carboxylic acid groups (broad SMARTS) is 1. The van der Waals surface area contributed by atoms with Crippen LogP contribution in [0.5, 0.6) is 0 Å². The number of carbonyl (C=O) groups is 1. The first-order valence-electron chi connectivity index (χ1n) is 28.4. The minimum Gasteiger partial charge on any atom is -0.480 e. The first kappa shape index (κ1) is 68.8. The standard InChI is InChI=1S/C51H102O2S4.C5H12O4/c1-9-17-21-25-29-33-41-45(37-13-5)54-50(55-46(38-14-6)42-34-30-26-22-18-10-2)51(49(52)53,56-47(39-15-7)43-35-31-27-23-19-11-3)57-48(40-16-8)44-36-32-28-24-20-12-4;6-1-5(2-7,3-8)4-9/h45-48,50H,9-44H2,1-8H3,(H,52,53);6-9H,1-4H2. The summed E-state index contributed by atoms with van der Waals surface area (Å²) in [7, 11) is 0. The summed E-state index contributed by atoms with van der Waals surface area (Å²) in [5.74, 6) is -0.514. The Labute approximate surface area is 428 Å². The maximum Gasteiger partial charge on any atom is 0.332 e. The number of hydrogen-bond donors (Lipinski definition) is 5. The maximum atomic E-state index is 14.6. The van der Waals surface area contributed by atoms with Gasteiger partial charge in [0.2, 0.25) is 0 Å². The van der Waals surface area contributed by atoms with Gasteiger partial charge < -0.3 is 25.5 Å². The number of aliphatic carboxylic acids is 1. The molecule has 0 aliphatic rings. The summed E-state index contributed by atoms with van der Waals surface area (Å²) >= 11 is 8.25. The second-order valence-corrected chi connectivity index (χ2v) is 26.3. The molecule has 0 aromatic heterocycles. The molecule has 398 valence electrons. The van der Waals surface area contributed by atoms with E-state index in [0.717, 1.165) is 25.7 Å². The fourth-order valence-corrected chi connectivity index (χ4v) is 17.5. The van der Waals surface area contributed by atoms with Gasteiger partial charge in [0, 0.05) is 21.0 Å². The zero-order valence-corrected chi connectivity index (χ0v) is 48.2. The third-order valence-corrected chi connectivity index (χ3v) is 21.1. The summed E-state index contributed by atoms with van der Waals surface area (Å²) < 4.78 is -0.772.